The SMILES string of the molecule is Fc1cccc(Nc2cc3ccccc3nc2C(F)F)c1. The van der Waals surface area contributed by atoms with E-state index >= 15 is 0 Å². The summed E-state index contributed by atoms with van der Waals surface area (Å²) in [5.41, 5.74) is 0.721. The van der Waals surface area contributed by atoms with Gasteiger partial charge in [-0.3, -0.25) is 0 Å². The Morgan fingerprint density at radius 2 is 1.76 bits per heavy atom. The summed E-state index contributed by atoms with van der Waals surface area (Å²) >= 11 is 0. The van der Waals surface area contributed by atoms with Crippen LogP contribution in [0, 0.1) is 5.82 Å². The Hall–Kier alpha value is -2.56. The fourth-order valence-corrected chi connectivity index (χ4v) is 2.12. The van der Waals surface area contributed by atoms with Gasteiger partial charge in [0, 0.05) is 11.1 Å². The van der Waals surface area contributed by atoms with Crippen molar-refractivity contribution in [3.8, 4) is 0 Å². The molecule has 2 aromatic carbocycles. The third-order valence-corrected chi connectivity index (χ3v) is 3.06. The topological polar surface area (TPSA) is 24.9 Å². The van der Waals surface area contributed by atoms with Crippen LogP contribution in [0.2, 0.25) is 0 Å². The molecule has 5 heteroatoms. The second-order valence-corrected chi connectivity index (χ2v) is 4.55. The molecule has 0 aliphatic heterocycles. The predicted molar refractivity (Wildman–Crippen MR) is 76.4 cm³/mol. The average molecular weight is 288 g/mol. The Kier molecular flexibility index (Phi) is 3.48. The summed E-state index contributed by atoms with van der Waals surface area (Å²) in [7, 11) is 0. The molecule has 0 aliphatic carbocycles. The fourth-order valence-electron chi connectivity index (χ4n) is 2.12. The van der Waals surface area contributed by atoms with Gasteiger partial charge in [0.25, 0.3) is 6.43 Å². The van der Waals surface area contributed by atoms with Crippen molar-refractivity contribution in [3.05, 3.63) is 66.1 Å². The first-order valence-corrected chi connectivity index (χ1v) is 6.34. The summed E-state index contributed by atoms with van der Waals surface area (Å²) in [6, 6.07) is 14.2. The molecule has 1 N–H and O–H groups in total. The molecule has 0 amide bonds. The van der Waals surface area contributed by atoms with E-state index in [2.05, 4.69) is 10.3 Å². The maximum atomic E-state index is 13.2. The number of benzene rings is 2. The van der Waals surface area contributed by atoms with Crippen molar-refractivity contribution in [1.82, 2.24) is 4.98 Å². The molecule has 0 saturated heterocycles. The van der Waals surface area contributed by atoms with Crippen LogP contribution in [-0.2, 0) is 0 Å². The number of anilines is 2. The van der Waals surface area contributed by atoms with E-state index < -0.39 is 12.2 Å². The molecule has 3 rings (SSSR count). The molecule has 0 saturated carbocycles. The number of halogens is 3. The Morgan fingerprint density at radius 1 is 0.952 bits per heavy atom. The Balaban J connectivity index is 2.09. The molecule has 0 fully saturated rings. The van der Waals surface area contributed by atoms with Crippen molar-refractivity contribution in [2.45, 2.75) is 6.43 Å². The van der Waals surface area contributed by atoms with Crippen LogP contribution >= 0.6 is 0 Å². The van der Waals surface area contributed by atoms with Gasteiger partial charge in [0.15, 0.2) is 0 Å². The molecule has 0 unspecified atom stereocenters. The van der Waals surface area contributed by atoms with Crippen molar-refractivity contribution in [1.29, 1.82) is 0 Å². The number of rotatable bonds is 3. The van der Waals surface area contributed by atoms with Crippen molar-refractivity contribution in [2.24, 2.45) is 0 Å². The summed E-state index contributed by atoms with van der Waals surface area (Å²) in [5, 5.41) is 3.54. The van der Waals surface area contributed by atoms with Crippen LogP contribution in [-0.4, -0.2) is 4.98 Å². The fraction of sp³-hybridized carbons (Fsp3) is 0.0625. The number of hydrogen-bond acceptors (Lipinski definition) is 2. The van der Waals surface area contributed by atoms with Gasteiger partial charge in [-0.05, 0) is 30.3 Å². The maximum Gasteiger partial charge on any atom is 0.282 e. The van der Waals surface area contributed by atoms with Gasteiger partial charge in [-0.15, -0.1) is 0 Å². The van der Waals surface area contributed by atoms with E-state index in [0.29, 0.717) is 11.2 Å². The minimum atomic E-state index is -2.72. The first-order valence-electron chi connectivity index (χ1n) is 6.34. The zero-order valence-corrected chi connectivity index (χ0v) is 10.9. The van der Waals surface area contributed by atoms with Crippen LogP contribution in [0.4, 0.5) is 24.5 Å². The minimum Gasteiger partial charge on any atom is -0.354 e. The van der Waals surface area contributed by atoms with E-state index in [0.717, 1.165) is 5.39 Å². The van der Waals surface area contributed by atoms with Crippen LogP contribution in [0.3, 0.4) is 0 Å². The number of fused-ring (bicyclic) bond motifs is 1. The van der Waals surface area contributed by atoms with Crippen LogP contribution < -0.4 is 5.32 Å². The van der Waals surface area contributed by atoms with Crippen molar-refractivity contribution in [3.63, 3.8) is 0 Å². The molecule has 0 radical (unpaired) electrons. The lowest BCUT2D eigenvalue weighted by molar-refractivity contribution is 0.147. The van der Waals surface area contributed by atoms with Crippen LogP contribution in [0.25, 0.3) is 10.9 Å². The minimum absolute atomic E-state index is 0.175. The van der Waals surface area contributed by atoms with E-state index in [1.165, 1.54) is 18.2 Å². The zero-order valence-electron chi connectivity index (χ0n) is 10.9. The molecule has 0 atom stereocenters. The largest absolute Gasteiger partial charge is 0.354 e. The van der Waals surface area contributed by atoms with Gasteiger partial charge in [-0.1, -0.05) is 24.3 Å². The molecule has 21 heavy (non-hydrogen) atoms. The number of hydrogen-bond donors (Lipinski definition) is 1. The molecule has 1 aromatic heterocycles. The second-order valence-electron chi connectivity index (χ2n) is 4.55. The third kappa shape index (κ3) is 2.81. The van der Waals surface area contributed by atoms with E-state index in [1.807, 2.05) is 0 Å². The lowest BCUT2D eigenvalue weighted by Crippen LogP contribution is -2.00. The number of aromatic nitrogens is 1. The van der Waals surface area contributed by atoms with Crippen LogP contribution in [0.5, 0.6) is 0 Å². The lowest BCUT2D eigenvalue weighted by atomic mass is 10.1. The second kappa shape index (κ2) is 5.44. The number of pyridine rings is 1. The van der Waals surface area contributed by atoms with Crippen molar-refractivity contribution in [2.75, 3.05) is 5.32 Å². The molecule has 1 heterocycles. The predicted octanol–water partition coefficient (Wildman–Crippen LogP) is 5.06. The molecule has 3 aromatic rings. The van der Waals surface area contributed by atoms with Gasteiger partial charge in [0.1, 0.15) is 11.5 Å². The smallest absolute Gasteiger partial charge is 0.282 e. The highest BCUT2D eigenvalue weighted by Crippen LogP contribution is 2.30. The number of alkyl halides is 2. The highest BCUT2D eigenvalue weighted by molar-refractivity contribution is 5.84. The Morgan fingerprint density at radius 3 is 2.52 bits per heavy atom. The highest BCUT2D eigenvalue weighted by atomic mass is 19.3. The summed E-state index contributed by atoms with van der Waals surface area (Å²) < 4.78 is 39.5. The number of nitrogens with zero attached hydrogens (tertiary/aromatic N) is 1. The first-order chi connectivity index (χ1) is 10.1. The molecule has 0 spiro atoms. The number of nitrogens with one attached hydrogen (secondary N) is 1. The Bertz CT molecular complexity index is 787. The van der Waals surface area contributed by atoms with E-state index in [4.69, 9.17) is 0 Å². The highest BCUT2D eigenvalue weighted by Gasteiger charge is 2.16. The van der Waals surface area contributed by atoms with Gasteiger partial charge in [-0.25, -0.2) is 18.2 Å². The van der Waals surface area contributed by atoms with Crippen molar-refractivity contribution < 1.29 is 13.2 Å². The van der Waals surface area contributed by atoms with Gasteiger partial charge >= 0.3 is 0 Å². The molecular weight excluding hydrogens is 277 g/mol. The quantitative estimate of drug-likeness (QED) is 0.729. The Labute approximate surface area is 119 Å². The normalized spacial score (nSPS) is 11.0. The molecule has 106 valence electrons. The van der Waals surface area contributed by atoms with Gasteiger partial charge in [0.05, 0.1) is 11.2 Å². The first kappa shape index (κ1) is 13.4. The van der Waals surface area contributed by atoms with E-state index in [9.17, 15) is 13.2 Å². The van der Waals surface area contributed by atoms with E-state index in [1.54, 1.807) is 36.4 Å². The van der Waals surface area contributed by atoms with Crippen LogP contribution in [0.15, 0.2) is 54.6 Å². The van der Waals surface area contributed by atoms with E-state index in [-0.39, 0.29) is 11.4 Å². The summed E-state index contributed by atoms with van der Waals surface area (Å²) in [5.74, 6) is -0.438. The monoisotopic (exact) mass is 288 g/mol. The zero-order chi connectivity index (χ0) is 14.8. The van der Waals surface area contributed by atoms with Gasteiger partial charge in [0.2, 0.25) is 0 Å². The summed E-state index contributed by atoms with van der Waals surface area (Å²) in [6.45, 7) is 0. The lowest BCUT2D eigenvalue weighted by Gasteiger charge is -2.12. The van der Waals surface area contributed by atoms with Crippen LogP contribution in [0.1, 0.15) is 12.1 Å². The van der Waals surface area contributed by atoms with Crippen molar-refractivity contribution >= 4 is 22.3 Å². The van der Waals surface area contributed by atoms with Gasteiger partial charge in [-0.2, -0.15) is 0 Å². The average Bonchev–Trinajstić information content (AvgIpc) is 2.46. The molecule has 0 bridgehead atoms. The third-order valence-electron chi connectivity index (χ3n) is 3.06. The standard InChI is InChI=1S/C16H11F3N2/c17-11-5-3-6-12(9-11)20-14-8-10-4-1-2-7-13(10)21-15(14)16(18)19/h1-9,16,20H. The number of para-hydroxylation sites is 1. The van der Waals surface area contributed by atoms with Gasteiger partial charge < -0.3 is 5.32 Å². The molecule has 2 nitrogen and oxygen atoms in total. The maximum absolute atomic E-state index is 13.2. The summed E-state index contributed by atoms with van der Waals surface area (Å²) in [4.78, 5) is 3.99. The molecular formula is C16H11F3N2. The molecule has 0 aliphatic rings. The summed E-state index contributed by atoms with van der Waals surface area (Å²) in [6.07, 6.45) is -2.72.